The van der Waals surface area contributed by atoms with Crippen molar-refractivity contribution in [3.05, 3.63) is 90.1 Å². The monoisotopic (exact) mass is 497 g/mol. The number of benzene rings is 1. The number of para-hydroxylation sites is 1. The molecule has 2 atom stereocenters. The van der Waals surface area contributed by atoms with E-state index in [1.807, 2.05) is 74.9 Å². The van der Waals surface area contributed by atoms with E-state index in [0.717, 1.165) is 47.8 Å². The van der Waals surface area contributed by atoms with Crippen LogP contribution in [0.1, 0.15) is 66.8 Å². The maximum atomic E-state index is 14.2. The second kappa shape index (κ2) is 10.6. The number of fused-ring (bicyclic) bond motifs is 1. The Hall–Kier alpha value is -3.87. The van der Waals surface area contributed by atoms with Crippen molar-refractivity contribution >= 4 is 22.7 Å². The molecule has 1 saturated carbocycles. The summed E-state index contributed by atoms with van der Waals surface area (Å²) in [5.74, 6) is -0.174. The van der Waals surface area contributed by atoms with Crippen molar-refractivity contribution < 1.29 is 9.59 Å². The molecule has 1 fully saturated rings. The molecule has 1 unspecified atom stereocenters. The lowest BCUT2D eigenvalue weighted by Crippen LogP contribution is -2.59. The molecule has 0 bridgehead atoms. The quantitative estimate of drug-likeness (QED) is 0.317. The third-order valence-corrected chi connectivity index (χ3v) is 7.70. The SMILES string of the molecule is Cn1cccc1C(=O)NC(C)(Cc1c[nH]c2ccccc12)C(=O)N[C@H](c1ccccn1)C1CCCCC1. The molecule has 3 heterocycles. The van der Waals surface area contributed by atoms with Crippen LogP contribution in [-0.2, 0) is 18.3 Å². The topological polar surface area (TPSA) is 91.8 Å². The number of aryl methyl sites for hydroxylation is 1. The average molecular weight is 498 g/mol. The first-order chi connectivity index (χ1) is 17.9. The summed E-state index contributed by atoms with van der Waals surface area (Å²) < 4.78 is 1.76. The smallest absolute Gasteiger partial charge is 0.268 e. The fraction of sp³-hybridized carbons (Fsp3) is 0.367. The Morgan fingerprint density at radius 1 is 1.08 bits per heavy atom. The fourth-order valence-electron chi connectivity index (χ4n) is 5.61. The van der Waals surface area contributed by atoms with Gasteiger partial charge in [0.05, 0.1) is 11.7 Å². The Bertz CT molecular complexity index is 1370. The molecule has 7 nitrogen and oxygen atoms in total. The van der Waals surface area contributed by atoms with Crippen LogP contribution >= 0.6 is 0 Å². The normalized spacial score (nSPS) is 16.7. The summed E-state index contributed by atoms with van der Waals surface area (Å²) in [7, 11) is 1.83. The fourth-order valence-corrected chi connectivity index (χ4v) is 5.61. The van der Waals surface area contributed by atoms with Crippen LogP contribution < -0.4 is 10.6 Å². The molecular formula is C30H35N5O2. The van der Waals surface area contributed by atoms with Gasteiger partial charge in [-0.25, -0.2) is 0 Å². The maximum Gasteiger partial charge on any atom is 0.268 e. The number of H-pyrrole nitrogens is 1. The van der Waals surface area contributed by atoms with Crippen molar-refractivity contribution in [2.45, 2.75) is 57.0 Å². The summed E-state index contributed by atoms with van der Waals surface area (Å²) in [6, 6.07) is 17.2. The maximum absolute atomic E-state index is 14.2. The Labute approximate surface area is 217 Å². The summed E-state index contributed by atoms with van der Waals surface area (Å²) in [5, 5.41) is 7.47. The number of amides is 2. The number of rotatable bonds is 8. The highest BCUT2D eigenvalue weighted by atomic mass is 16.2. The minimum absolute atomic E-state index is 0.205. The number of aromatic nitrogens is 3. The highest BCUT2D eigenvalue weighted by Gasteiger charge is 2.39. The van der Waals surface area contributed by atoms with Crippen LogP contribution in [0.4, 0.5) is 0 Å². The van der Waals surface area contributed by atoms with Gasteiger partial charge in [-0.15, -0.1) is 0 Å². The van der Waals surface area contributed by atoms with Crippen LogP contribution in [-0.4, -0.2) is 31.9 Å². The first-order valence-electron chi connectivity index (χ1n) is 13.2. The summed E-state index contributed by atoms with van der Waals surface area (Å²) in [6.07, 6.45) is 11.5. The average Bonchev–Trinajstić information content (AvgIpc) is 3.54. The van der Waals surface area contributed by atoms with Gasteiger partial charge >= 0.3 is 0 Å². The zero-order valence-electron chi connectivity index (χ0n) is 21.5. The molecule has 4 aromatic rings. The van der Waals surface area contributed by atoms with E-state index in [2.05, 4.69) is 20.6 Å². The zero-order chi connectivity index (χ0) is 25.8. The third-order valence-electron chi connectivity index (χ3n) is 7.70. The molecule has 3 N–H and O–H groups in total. The third kappa shape index (κ3) is 5.31. The van der Waals surface area contributed by atoms with Crippen molar-refractivity contribution in [2.75, 3.05) is 0 Å². The molecule has 0 spiro atoms. The van der Waals surface area contributed by atoms with Crippen molar-refractivity contribution in [3.8, 4) is 0 Å². The van der Waals surface area contributed by atoms with Crippen LogP contribution in [0.3, 0.4) is 0 Å². The number of aromatic amines is 1. The largest absolute Gasteiger partial charge is 0.361 e. The number of carbonyl (C=O) groups is 2. The van der Waals surface area contributed by atoms with Crippen LogP contribution in [0.15, 0.2) is 73.2 Å². The molecule has 7 heteroatoms. The van der Waals surface area contributed by atoms with Gasteiger partial charge in [0, 0.05) is 43.0 Å². The summed E-state index contributed by atoms with van der Waals surface area (Å²) in [6.45, 7) is 1.82. The number of nitrogens with zero attached hydrogens (tertiary/aromatic N) is 2. The number of hydrogen-bond donors (Lipinski definition) is 3. The van der Waals surface area contributed by atoms with Crippen molar-refractivity contribution in [3.63, 3.8) is 0 Å². The Morgan fingerprint density at radius 3 is 2.59 bits per heavy atom. The van der Waals surface area contributed by atoms with E-state index in [1.165, 1.54) is 6.42 Å². The molecule has 192 valence electrons. The summed E-state index contributed by atoms with van der Waals surface area (Å²) >= 11 is 0. The lowest BCUT2D eigenvalue weighted by molar-refractivity contribution is -0.128. The van der Waals surface area contributed by atoms with Gasteiger partial charge in [0.15, 0.2) is 0 Å². The first-order valence-corrected chi connectivity index (χ1v) is 13.2. The number of pyridine rings is 1. The van der Waals surface area contributed by atoms with Gasteiger partial charge in [-0.1, -0.05) is 43.5 Å². The second-order valence-electron chi connectivity index (χ2n) is 10.4. The van der Waals surface area contributed by atoms with Crippen LogP contribution in [0.5, 0.6) is 0 Å². The van der Waals surface area contributed by atoms with Gasteiger partial charge in [0.1, 0.15) is 11.2 Å². The van der Waals surface area contributed by atoms with Gasteiger partial charge in [0.25, 0.3) is 5.91 Å². The lowest BCUT2D eigenvalue weighted by atomic mass is 9.81. The number of hydrogen-bond acceptors (Lipinski definition) is 3. The molecule has 37 heavy (non-hydrogen) atoms. The van der Waals surface area contributed by atoms with Crippen molar-refractivity contribution in [1.82, 2.24) is 25.2 Å². The van der Waals surface area contributed by atoms with E-state index in [9.17, 15) is 9.59 Å². The standard InChI is InChI=1S/C30H35N5O2/c1-30(34-28(36)26-16-10-18-35(26)2,19-22-20-32-24-14-7-6-13-23(22)24)29(37)33-27(21-11-4-3-5-12-21)25-15-8-9-17-31-25/h6-10,13-18,20-21,27,32H,3-5,11-12,19H2,1-2H3,(H,33,37)(H,34,36)/t27-,30?/m0/s1. The molecular weight excluding hydrogens is 462 g/mol. The van der Waals surface area contributed by atoms with Gasteiger partial charge in [0.2, 0.25) is 5.91 Å². The Balaban J connectivity index is 1.48. The van der Waals surface area contributed by atoms with Crippen LogP contribution in [0, 0.1) is 5.92 Å². The molecule has 0 radical (unpaired) electrons. The molecule has 5 rings (SSSR count). The van der Waals surface area contributed by atoms with Gasteiger partial charge < -0.3 is 20.2 Å². The highest BCUT2D eigenvalue weighted by Crippen LogP contribution is 2.34. The predicted molar refractivity (Wildman–Crippen MR) is 145 cm³/mol. The molecule has 0 aliphatic heterocycles. The molecule has 1 aliphatic carbocycles. The van der Waals surface area contributed by atoms with Gasteiger partial charge in [-0.05, 0) is 61.6 Å². The van der Waals surface area contributed by atoms with Gasteiger partial charge in [-0.3, -0.25) is 14.6 Å². The van der Waals surface area contributed by atoms with E-state index in [1.54, 1.807) is 16.8 Å². The minimum Gasteiger partial charge on any atom is -0.361 e. The van der Waals surface area contributed by atoms with Gasteiger partial charge in [-0.2, -0.15) is 0 Å². The summed E-state index contributed by atoms with van der Waals surface area (Å²) in [4.78, 5) is 35.4. The second-order valence-corrected chi connectivity index (χ2v) is 10.4. The van der Waals surface area contributed by atoms with E-state index >= 15 is 0 Å². The summed E-state index contributed by atoms with van der Waals surface area (Å²) in [5.41, 5.74) is 2.17. The minimum atomic E-state index is -1.19. The zero-order valence-corrected chi connectivity index (χ0v) is 21.5. The van der Waals surface area contributed by atoms with Crippen LogP contribution in [0.2, 0.25) is 0 Å². The van der Waals surface area contributed by atoms with E-state index in [0.29, 0.717) is 18.0 Å². The highest BCUT2D eigenvalue weighted by molar-refractivity contribution is 5.99. The van der Waals surface area contributed by atoms with Crippen molar-refractivity contribution in [1.29, 1.82) is 0 Å². The molecule has 3 aromatic heterocycles. The Kier molecular flexibility index (Phi) is 7.12. The van der Waals surface area contributed by atoms with E-state index in [-0.39, 0.29) is 17.9 Å². The van der Waals surface area contributed by atoms with E-state index in [4.69, 9.17) is 0 Å². The molecule has 0 saturated heterocycles. The number of nitrogens with one attached hydrogen (secondary N) is 3. The van der Waals surface area contributed by atoms with Crippen molar-refractivity contribution in [2.24, 2.45) is 13.0 Å². The van der Waals surface area contributed by atoms with E-state index < -0.39 is 5.54 Å². The lowest BCUT2D eigenvalue weighted by Gasteiger charge is -2.35. The van der Waals surface area contributed by atoms with Crippen LogP contribution in [0.25, 0.3) is 10.9 Å². The Morgan fingerprint density at radius 2 is 1.86 bits per heavy atom. The predicted octanol–water partition coefficient (Wildman–Crippen LogP) is 5.07. The molecule has 2 amide bonds. The molecule has 1 aromatic carbocycles. The number of carbonyl (C=O) groups excluding carboxylic acids is 2. The first kappa shape index (κ1) is 24.8. The molecule has 1 aliphatic rings.